The van der Waals surface area contributed by atoms with Crippen LogP contribution in [-0.2, 0) is 9.53 Å². The van der Waals surface area contributed by atoms with Gasteiger partial charge in [-0.25, -0.2) is 4.39 Å². The first-order chi connectivity index (χ1) is 13.1. The Balaban J connectivity index is 1.94. The number of esters is 1. The smallest absolute Gasteiger partial charge is 0.325 e. The van der Waals surface area contributed by atoms with E-state index in [-0.39, 0.29) is 12.1 Å². The third kappa shape index (κ3) is 11.4. The van der Waals surface area contributed by atoms with Crippen molar-refractivity contribution in [2.75, 3.05) is 13.2 Å². The fraction of sp³-hybridized carbons (Fsp3) is 0.636. The first-order valence-electron chi connectivity index (χ1n) is 10.3. The fourth-order valence-electron chi connectivity index (χ4n) is 2.90. The number of rotatable bonds is 15. The van der Waals surface area contributed by atoms with E-state index in [4.69, 9.17) is 4.74 Å². The van der Waals surface area contributed by atoms with E-state index in [2.05, 4.69) is 12.2 Å². The molecular weight excluding hydrogens is 345 g/mol. The monoisotopic (exact) mass is 379 g/mol. The molecule has 0 heterocycles. The minimum Gasteiger partial charge on any atom is -0.464 e. The average molecular weight is 380 g/mol. The molecule has 0 unspecified atom stereocenters. The second-order valence-corrected chi connectivity index (χ2v) is 6.92. The summed E-state index contributed by atoms with van der Waals surface area (Å²) in [5, 5.41) is 2.38. The average Bonchev–Trinajstić information content (AvgIpc) is 2.67. The van der Waals surface area contributed by atoms with Crippen LogP contribution >= 0.6 is 0 Å². The predicted molar refractivity (Wildman–Crippen MR) is 106 cm³/mol. The summed E-state index contributed by atoms with van der Waals surface area (Å²) in [7, 11) is 0. The van der Waals surface area contributed by atoms with Crippen LogP contribution in [0.1, 0.15) is 87.9 Å². The van der Waals surface area contributed by atoms with Crippen molar-refractivity contribution in [1.29, 1.82) is 0 Å². The molecule has 0 aliphatic rings. The Bertz CT molecular complexity index is 548. The van der Waals surface area contributed by atoms with Crippen molar-refractivity contribution < 1.29 is 18.7 Å². The number of carbonyl (C=O) groups excluding carboxylic acids is 2. The van der Waals surface area contributed by atoms with E-state index in [0.717, 1.165) is 19.3 Å². The molecule has 1 rings (SSSR count). The summed E-state index contributed by atoms with van der Waals surface area (Å²) in [5.74, 6) is -1.71. The van der Waals surface area contributed by atoms with E-state index < -0.39 is 17.7 Å². The van der Waals surface area contributed by atoms with Gasteiger partial charge in [-0.3, -0.25) is 9.59 Å². The van der Waals surface area contributed by atoms with Crippen molar-refractivity contribution in [3.63, 3.8) is 0 Å². The third-order valence-corrected chi connectivity index (χ3v) is 4.52. The minimum absolute atomic E-state index is 0.0735. The number of amides is 1. The highest BCUT2D eigenvalue weighted by Crippen LogP contribution is 2.11. The normalized spacial score (nSPS) is 10.6. The zero-order valence-electron chi connectivity index (χ0n) is 16.6. The molecule has 0 saturated heterocycles. The number of unbranched alkanes of at least 4 members (excludes halogenated alkanes) is 10. The molecule has 4 nitrogen and oxygen atoms in total. The summed E-state index contributed by atoms with van der Waals surface area (Å²) in [4.78, 5) is 23.4. The Hall–Kier alpha value is -1.91. The third-order valence-electron chi connectivity index (χ3n) is 4.52. The maximum absolute atomic E-state index is 13.5. The van der Waals surface area contributed by atoms with E-state index in [1.54, 1.807) is 6.07 Å². The fourth-order valence-corrected chi connectivity index (χ4v) is 2.90. The van der Waals surface area contributed by atoms with Crippen molar-refractivity contribution >= 4 is 11.9 Å². The van der Waals surface area contributed by atoms with E-state index in [1.165, 1.54) is 69.6 Å². The zero-order chi connectivity index (χ0) is 19.7. The topological polar surface area (TPSA) is 55.4 Å². The van der Waals surface area contributed by atoms with E-state index in [0.29, 0.717) is 6.61 Å². The molecule has 0 aliphatic carbocycles. The van der Waals surface area contributed by atoms with Crippen molar-refractivity contribution in [3.8, 4) is 0 Å². The molecule has 0 atom stereocenters. The lowest BCUT2D eigenvalue weighted by atomic mass is 10.1. The first-order valence-corrected chi connectivity index (χ1v) is 10.3. The Morgan fingerprint density at radius 3 is 2.04 bits per heavy atom. The van der Waals surface area contributed by atoms with Gasteiger partial charge in [-0.2, -0.15) is 0 Å². The molecule has 0 aromatic heterocycles. The van der Waals surface area contributed by atoms with Gasteiger partial charge in [0.15, 0.2) is 0 Å². The summed E-state index contributed by atoms with van der Waals surface area (Å²) in [6.07, 6.45) is 13.6. The molecule has 0 bridgehead atoms. The van der Waals surface area contributed by atoms with Gasteiger partial charge in [0.25, 0.3) is 5.91 Å². The van der Waals surface area contributed by atoms with Crippen LogP contribution in [0.2, 0.25) is 0 Å². The number of benzene rings is 1. The highest BCUT2D eigenvalue weighted by Gasteiger charge is 2.12. The summed E-state index contributed by atoms with van der Waals surface area (Å²) >= 11 is 0. The van der Waals surface area contributed by atoms with Crippen molar-refractivity contribution in [3.05, 3.63) is 35.6 Å². The molecule has 1 aromatic rings. The summed E-state index contributed by atoms with van der Waals surface area (Å²) in [6, 6.07) is 5.66. The van der Waals surface area contributed by atoms with Crippen molar-refractivity contribution in [1.82, 2.24) is 5.32 Å². The SMILES string of the molecule is CCCCCCCCCCCCCOC(=O)CNC(=O)c1ccccc1F. The van der Waals surface area contributed by atoms with Gasteiger partial charge in [-0.15, -0.1) is 0 Å². The highest BCUT2D eigenvalue weighted by atomic mass is 19.1. The Morgan fingerprint density at radius 1 is 0.889 bits per heavy atom. The van der Waals surface area contributed by atoms with Gasteiger partial charge in [0.2, 0.25) is 0 Å². The van der Waals surface area contributed by atoms with Gasteiger partial charge < -0.3 is 10.1 Å². The highest BCUT2D eigenvalue weighted by molar-refractivity contribution is 5.96. The number of nitrogens with one attached hydrogen (secondary N) is 1. The summed E-state index contributed by atoms with van der Waals surface area (Å²) in [5.41, 5.74) is -0.0735. The molecule has 1 N–H and O–H groups in total. The largest absolute Gasteiger partial charge is 0.464 e. The number of halogens is 1. The first kappa shape index (κ1) is 23.1. The number of hydrogen-bond donors (Lipinski definition) is 1. The van der Waals surface area contributed by atoms with Crippen LogP contribution in [0.3, 0.4) is 0 Å². The van der Waals surface area contributed by atoms with Gasteiger partial charge in [0.1, 0.15) is 12.4 Å². The second-order valence-electron chi connectivity index (χ2n) is 6.92. The molecule has 1 amide bonds. The standard InChI is InChI=1S/C22H34FNO3/c1-2-3-4-5-6-7-8-9-10-11-14-17-27-21(25)18-24-22(26)19-15-12-13-16-20(19)23/h12-13,15-16H,2-11,14,17-18H2,1H3,(H,24,26). The van der Waals surface area contributed by atoms with Crippen LogP contribution in [0.4, 0.5) is 4.39 Å². The molecule has 1 aromatic carbocycles. The lowest BCUT2D eigenvalue weighted by Crippen LogP contribution is -2.31. The molecule has 152 valence electrons. The van der Waals surface area contributed by atoms with Crippen LogP contribution in [0.15, 0.2) is 24.3 Å². The maximum atomic E-state index is 13.5. The van der Waals surface area contributed by atoms with Gasteiger partial charge in [-0.05, 0) is 18.6 Å². The number of carbonyl (C=O) groups is 2. The quantitative estimate of drug-likeness (QED) is 0.327. The molecule has 0 radical (unpaired) electrons. The number of hydrogen-bond acceptors (Lipinski definition) is 3. The predicted octanol–water partition coefficient (Wildman–Crippen LogP) is 5.41. The zero-order valence-corrected chi connectivity index (χ0v) is 16.6. The van der Waals surface area contributed by atoms with Crippen LogP contribution < -0.4 is 5.32 Å². The molecular formula is C22H34FNO3. The van der Waals surface area contributed by atoms with Crippen LogP contribution in [0, 0.1) is 5.82 Å². The molecule has 27 heavy (non-hydrogen) atoms. The van der Waals surface area contributed by atoms with E-state index >= 15 is 0 Å². The van der Waals surface area contributed by atoms with Gasteiger partial charge in [0.05, 0.1) is 12.2 Å². The Kier molecular flexibility index (Phi) is 13.0. The van der Waals surface area contributed by atoms with Crippen LogP contribution in [0.25, 0.3) is 0 Å². The molecule has 0 spiro atoms. The van der Waals surface area contributed by atoms with Gasteiger partial charge in [-0.1, -0.05) is 83.3 Å². The maximum Gasteiger partial charge on any atom is 0.325 e. The minimum atomic E-state index is -0.611. The number of ether oxygens (including phenoxy) is 1. The van der Waals surface area contributed by atoms with Crippen molar-refractivity contribution in [2.45, 2.75) is 77.6 Å². The molecule has 0 aliphatic heterocycles. The van der Waals surface area contributed by atoms with Gasteiger partial charge in [0, 0.05) is 0 Å². The van der Waals surface area contributed by atoms with Gasteiger partial charge >= 0.3 is 5.97 Å². The molecule has 0 saturated carbocycles. The van der Waals surface area contributed by atoms with Crippen LogP contribution in [-0.4, -0.2) is 25.0 Å². The summed E-state index contributed by atoms with van der Waals surface area (Å²) < 4.78 is 18.5. The lowest BCUT2D eigenvalue weighted by Gasteiger charge is -2.07. The summed E-state index contributed by atoms with van der Waals surface area (Å²) in [6.45, 7) is 2.36. The second kappa shape index (κ2) is 15.2. The molecule has 5 heteroatoms. The Labute approximate surface area is 162 Å². The molecule has 0 fully saturated rings. The van der Waals surface area contributed by atoms with Crippen LogP contribution in [0.5, 0.6) is 0 Å². The van der Waals surface area contributed by atoms with E-state index in [1.807, 2.05) is 0 Å². The Morgan fingerprint density at radius 2 is 1.44 bits per heavy atom. The lowest BCUT2D eigenvalue weighted by molar-refractivity contribution is -0.142. The van der Waals surface area contributed by atoms with E-state index in [9.17, 15) is 14.0 Å². The van der Waals surface area contributed by atoms with Crippen molar-refractivity contribution in [2.24, 2.45) is 0 Å².